The van der Waals surface area contributed by atoms with E-state index >= 15 is 0 Å². The molecule has 0 radical (unpaired) electrons. The molecule has 17 heavy (non-hydrogen) atoms. The van der Waals surface area contributed by atoms with Gasteiger partial charge in [0.15, 0.2) is 0 Å². The summed E-state index contributed by atoms with van der Waals surface area (Å²) in [5.74, 6) is 2.28. The molecule has 1 aromatic carbocycles. The summed E-state index contributed by atoms with van der Waals surface area (Å²) in [5, 5.41) is 0. The van der Waals surface area contributed by atoms with Gasteiger partial charge in [0.2, 0.25) is 0 Å². The first-order valence-electron chi connectivity index (χ1n) is 6.46. The molecule has 0 nitrogen and oxygen atoms in total. The molecule has 0 spiro atoms. The molecule has 0 unspecified atom stereocenters. The zero-order valence-corrected chi connectivity index (χ0v) is 12.5. The van der Waals surface area contributed by atoms with E-state index in [1.165, 1.54) is 47.5 Å². The number of thioether (sulfide) groups is 1. The van der Waals surface area contributed by atoms with Crippen molar-refractivity contribution in [2.75, 3.05) is 11.5 Å². The molecule has 0 aromatic heterocycles. The Morgan fingerprint density at radius 1 is 1.24 bits per heavy atom. The van der Waals surface area contributed by atoms with Crippen LogP contribution in [-0.4, -0.2) is 11.5 Å². The average molecular weight is 266 g/mol. The summed E-state index contributed by atoms with van der Waals surface area (Å²) in [4.78, 5) is 1.46. The average Bonchev–Trinajstić information content (AvgIpc) is 2.80. The first-order valence-corrected chi connectivity index (χ1v) is 8.08. The Morgan fingerprint density at radius 2 is 1.94 bits per heavy atom. The van der Waals surface area contributed by atoms with E-state index in [1.807, 2.05) is 11.8 Å². The monoisotopic (exact) mass is 266 g/mol. The maximum absolute atomic E-state index is 4.58. The number of hydrogen-bond acceptors (Lipinski definition) is 2. The molecule has 1 fully saturated rings. The van der Waals surface area contributed by atoms with Gasteiger partial charge in [-0.15, -0.1) is 11.8 Å². The van der Waals surface area contributed by atoms with E-state index < -0.39 is 0 Å². The maximum atomic E-state index is 4.58. The lowest BCUT2D eigenvalue weighted by Gasteiger charge is -2.26. The van der Waals surface area contributed by atoms with Crippen LogP contribution in [0.4, 0.5) is 0 Å². The Balaban J connectivity index is 2.03. The fraction of sp³-hybridized carbons (Fsp3) is 0.600. The number of thiol groups is 1. The Labute approximate surface area is 115 Å². The second-order valence-corrected chi connectivity index (χ2v) is 6.76. The Kier molecular flexibility index (Phi) is 4.48. The van der Waals surface area contributed by atoms with E-state index in [4.69, 9.17) is 0 Å². The molecular weight excluding hydrogens is 244 g/mol. The van der Waals surface area contributed by atoms with Crippen molar-refractivity contribution in [3.8, 4) is 0 Å². The SMILES string of the molecule is Cc1ccc(C)c(SCC2(CS)CCCC2)c1. The van der Waals surface area contributed by atoms with Crippen LogP contribution in [0.5, 0.6) is 0 Å². The molecule has 1 aliphatic rings. The van der Waals surface area contributed by atoms with Crippen molar-refractivity contribution in [1.29, 1.82) is 0 Å². The molecule has 0 amide bonds. The van der Waals surface area contributed by atoms with Gasteiger partial charge in [-0.05, 0) is 49.5 Å². The number of aryl methyl sites for hydroxylation is 2. The number of rotatable bonds is 4. The molecule has 1 aromatic rings. The van der Waals surface area contributed by atoms with Crippen LogP contribution in [0.2, 0.25) is 0 Å². The molecule has 0 atom stereocenters. The Hall–Kier alpha value is -0.0800. The lowest BCUT2D eigenvalue weighted by Crippen LogP contribution is -2.21. The second-order valence-electron chi connectivity index (χ2n) is 5.42. The zero-order chi connectivity index (χ0) is 12.3. The van der Waals surface area contributed by atoms with E-state index in [-0.39, 0.29) is 0 Å². The van der Waals surface area contributed by atoms with E-state index in [0.717, 1.165) is 5.75 Å². The van der Waals surface area contributed by atoms with Gasteiger partial charge < -0.3 is 0 Å². The topological polar surface area (TPSA) is 0 Å². The lowest BCUT2D eigenvalue weighted by atomic mass is 9.91. The van der Waals surface area contributed by atoms with E-state index in [1.54, 1.807) is 0 Å². The molecule has 0 bridgehead atoms. The summed E-state index contributed by atoms with van der Waals surface area (Å²) in [7, 11) is 0. The molecular formula is C15H22S2. The van der Waals surface area contributed by atoms with Crippen LogP contribution in [0.15, 0.2) is 23.1 Å². The van der Waals surface area contributed by atoms with Gasteiger partial charge in [0.25, 0.3) is 0 Å². The molecule has 2 rings (SSSR count). The zero-order valence-electron chi connectivity index (χ0n) is 10.8. The highest BCUT2D eigenvalue weighted by molar-refractivity contribution is 7.99. The van der Waals surface area contributed by atoms with Gasteiger partial charge >= 0.3 is 0 Å². The quantitative estimate of drug-likeness (QED) is 0.598. The van der Waals surface area contributed by atoms with Crippen LogP contribution in [0.1, 0.15) is 36.8 Å². The summed E-state index contributed by atoms with van der Waals surface area (Å²) >= 11 is 6.61. The third kappa shape index (κ3) is 3.23. The largest absolute Gasteiger partial charge is 0.179 e. The molecule has 94 valence electrons. The van der Waals surface area contributed by atoms with Gasteiger partial charge in [-0.3, -0.25) is 0 Å². The van der Waals surface area contributed by atoms with Crippen molar-refractivity contribution < 1.29 is 0 Å². The molecule has 0 aliphatic heterocycles. The van der Waals surface area contributed by atoms with Crippen molar-refractivity contribution in [2.24, 2.45) is 5.41 Å². The van der Waals surface area contributed by atoms with E-state index in [2.05, 4.69) is 44.7 Å². The standard InChI is InChI=1S/C15H22S2/c1-12-5-6-13(2)14(9-12)17-11-15(10-16)7-3-4-8-15/h5-6,9,16H,3-4,7-8,10-11H2,1-2H3. The van der Waals surface area contributed by atoms with Crippen molar-refractivity contribution in [2.45, 2.75) is 44.4 Å². The third-order valence-corrected chi connectivity index (χ3v) is 6.06. The number of benzene rings is 1. The molecule has 0 saturated heterocycles. The summed E-state index contributed by atoms with van der Waals surface area (Å²) in [6, 6.07) is 6.75. The van der Waals surface area contributed by atoms with Gasteiger partial charge in [0.05, 0.1) is 0 Å². The summed E-state index contributed by atoms with van der Waals surface area (Å²) in [6.45, 7) is 4.39. The fourth-order valence-corrected chi connectivity index (χ4v) is 4.56. The lowest BCUT2D eigenvalue weighted by molar-refractivity contribution is 0.403. The minimum absolute atomic E-state index is 0.504. The van der Waals surface area contributed by atoms with Gasteiger partial charge in [0.1, 0.15) is 0 Å². The van der Waals surface area contributed by atoms with Crippen molar-refractivity contribution in [3.63, 3.8) is 0 Å². The maximum Gasteiger partial charge on any atom is 0.0104 e. The van der Waals surface area contributed by atoms with E-state index in [0.29, 0.717) is 5.41 Å². The first kappa shape index (κ1) is 13.4. The number of hydrogen-bond donors (Lipinski definition) is 1. The van der Waals surface area contributed by atoms with Gasteiger partial charge in [-0.1, -0.05) is 30.5 Å². The molecule has 1 aliphatic carbocycles. The van der Waals surface area contributed by atoms with Crippen molar-refractivity contribution in [1.82, 2.24) is 0 Å². The predicted octanol–water partition coefficient (Wildman–Crippen LogP) is 4.89. The molecule has 0 heterocycles. The first-order chi connectivity index (χ1) is 8.15. The highest BCUT2D eigenvalue weighted by Gasteiger charge is 2.32. The highest BCUT2D eigenvalue weighted by atomic mass is 32.2. The molecule has 0 N–H and O–H groups in total. The van der Waals surface area contributed by atoms with Crippen LogP contribution in [0.3, 0.4) is 0 Å². The van der Waals surface area contributed by atoms with Crippen LogP contribution in [0.25, 0.3) is 0 Å². The van der Waals surface area contributed by atoms with Gasteiger partial charge in [-0.2, -0.15) is 12.6 Å². The summed E-state index contributed by atoms with van der Waals surface area (Å²) in [6.07, 6.45) is 5.53. The van der Waals surface area contributed by atoms with Gasteiger partial charge in [-0.25, -0.2) is 0 Å². The minimum atomic E-state index is 0.504. The predicted molar refractivity (Wildman–Crippen MR) is 81.4 cm³/mol. The smallest absolute Gasteiger partial charge is 0.0104 e. The van der Waals surface area contributed by atoms with Crippen molar-refractivity contribution >= 4 is 24.4 Å². The summed E-state index contributed by atoms with van der Waals surface area (Å²) in [5.41, 5.74) is 3.28. The Bertz CT molecular complexity index is 379. The van der Waals surface area contributed by atoms with Crippen LogP contribution >= 0.6 is 24.4 Å². The van der Waals surface area contributed by atoms with Crippen LogP contribution in [-0.2, 0) is 0 Å². The highest BCUT2D eigenvalue weighted by Crippen LogP contribution is 2.43. The Morgan fingerprint density at radius 3 is 2.59 bits per heavy atom. The van der Waals surface area contributed by atoms with Crippen LogP contribution in [0, 0.1) is 19.3 Å². The molecule has 2 heteroatoms. The van der Waals surface area contributed by atoms with Crippen LogP contribution < -0.4 is 0 Å². The second kappa shape index (κ2) is 5.71. The fourth-order valence-electron chi connectivity index (χ4n) is 2.57. The van der Waals surface area contributed by atoms with Crippen molar-refractivity contribution in [3.05, 3.63) is 29.3 Å². The van der Waals surface area contributed by atoms with E-state index in [9.17, 15) is 0 Å². The summed E-state index contributed by atoms with van der Waals surface area (Å²) < 4.78 is 0. The minimum Gasteiger partial charge on any atom is -0.179 e. The molecule has 1 saturated carbocycles. The normalized spacial score (nSPS) is 18.5. The van der Waals surface area contributed by atoms with Gasteiger partial charge in [0, 0.05) is 10.6 Å². The third-order valence-electron chi connectivity index (χ3n) is 3.88.